The highest BCUT2D eigenvalue weighted by atomic mass is 35.5. The van der Waals surface area contributed by atoms with Crippen molar-refractivity contribution in [2.45, 2.75) is 33.1 Å². The van der Waals surface area contributed by atoms with E-state index in [-0.39, 0.29) is 5.28 Å². The summed E-state index contributed by atoms with van der Waals surface area (Å²) in [5, 5.41) is 0.263. The van der Waals surface area contributed by atoms with Crippen LogP contribution in [0, 0.1) is 13.8 Å². The summed E-state index contributed by atoms with van der Waals surface area (Å²) >= 11 is 6.10. The molecule has 1 saturated heterocycles. The molecular weight excluding hydrogens is 284 g/mol. The Balaban J connectivity index is 1.98. The molecule has 1 aromatic heterocycles. The number of aryl methyl sites for hydroxylation is 2. The number of rotatable bonds is 2. The van der Waals surface area contributed by atoms with Gasteiger partial charge in [-0.2, -0.15) is 15.0 Å². The maximum atomic E-state index is 6.10. The molecule has 0 unspecified atom stereocenters. The largest absolute Gasteiger partial charge is 0.341 e. The average molecular weight is 303 g/mol. The fourth-order valence-electron chi connectivity index (χ4n) is 2.58. The highest BCUT2D eigenvalue weighted by molar-refractivity contribution is 6.28. The molecule has 0 atom stereocenters. The van der Waals surface area contributed by atoms with Crippen LogP contribution in [0.25, 0.3) is 11.4 Å². The van der Waals surface area contributed by atoms with Gasteiger partial charge < -0.3 is 4.90 Å². The highest BCUT2D eigenvalue weighted by Gasteiger charge is 2.16. The van der Waals surface area contributed by atoms with Gasteiger partial charge in [0, 0.05) is 18.7 Å². The summed E-state index contributed by atoms with van der Waals surface area (Å²) in [4.78, 5) is 15.4. The molecule has 0 amide bonds. The second-order valence-corrected chi connectivity index (χ2v) is 5.91. The summed E-state index contributed by atoms with van der Waals surface area (Å²) in [7, 11) is 0. The van der Waals surface area contributed by atoms with E-state index in [9.17, 15) is 0 Å². The van der Waals surface area contributed by atoms with Crippen LogP contribution in [0.2, 0.25) is 5.28 Å². The van der Waals surface area contributed by atoms with Crippen molar-refractivity contribution in [1.29, 1.82) is 0 Å². The first kappa shape index (κ1) is 14.3. The minimum Gasteiger partial charge on any atom is -0.341 e. The number of anilines is 1. The molecule has 4 nitrogen and oxygen atoms in total. The van der Waals surface area contributed by atoms with E-state index in [1.54, 1.807) is 0 Å². The van der Waals surface area contributed by atoms with Crippen molar-refractivity contribution in [3.05, 3.63) is 34.6 Å². The Hall–Kier alpha value is -1.68. The van der Waals surface area contributed by atoms with Gasteiger partial charge in [-0.1, -0.05) is 12.1 Å². The van der Waals surface area contributed by atoms with E-state index < -0.39 is 0 Å². The van der Waals surface area contributed by atoms with Gasteiger partial charge in [0.1, 0.15) is 0 Å². The Bertz CT molecular complexity index is 651. The standard InChI is InChI=1S/C16H19ClN4/c1-11-6-7-13(10-12(11)2)14-18-15(17)20-16(19-14)21-8-4-3-5-9-21/h6-7,10H,3-5,8-9H2,1-2H3. The Morgan fingerprint density at radius 1 is 0.952 bits per heavy atom. The molecule has 0 radical (unpaired) electrons. The first-order valence-corrected chi connectivity index (χ1v) is 7.75. The zero-order valence-corrected chi connectivity index (χ0v) is 13.2. The topological polar surface area (TPSA) is 41.9 Å². The highest BCUT2D eigenvalue weighted by Crippen LogP contribution is 2.23. The molecule has 0 saturated carbocycles. The second kappa shape index (κ2) is 5.98. The Labute approximate surface area is 130 Å². The lowest BCUT2D eigenvalue weighted by Crippen LogP contribution is -2.31. The molecule has 1 aromatic carbocycles. The average Bonchev–Trinajstić information content (AvgIpc) is 2.50. The van der Waals surface area contributed by atoms with Crippen molar-refractivity contribution in [3.8, 4) is 11.4 Å². The number of halogens is 1. The fourth-order valence-corrected chi connectivity index (χ4v) is 2.74. The lowest BCUT2D eigenvalue weighted by atomic mass is 10.1. The number of aromatic nitrogens is 3. The zero-order valence-electron chi connectivity index (χ0n) is 12.4. The van der Waals surface area contributed by atoms with Crippen LogP contribution in [0.15, 0.2) is 18.2 Å². The lowest BCUT2D eigenvalue weighted by molar-refractivity contribution is 0.567. The molecule has 0 spiro atoms. The van der Waals surface area contributed by atoms with Gasteiger partial charge >= 0.3 is 0 Å². The molecule has 3 rings (SSSR count). The van der Waals surface area contributed by atoms with Crippen molar-refractivity contribution in [2.75, 3.05) is 18.0 Å². The van der Waals surface area contributed by atoms with Gasteiger partial charge in [0.25, 0.3) is 0 Å². The summed E-state index contributed by atoms with van der Waals surface area (Å²) in [5.74, 6) is 1.35. The van der Waals surface area contributed by atoms with Crippen molar-refractivity contribution < 1.29 is 0 Å². The second-order valence-electron chi connectivity index (χ2n) is 5.57. The van der Waals surface area contributed by atoms with Crippen molar-refractivity contribution in [1.82, 2.24) is 15.0 Å². The van der Waals surface area contributed by atoms with Crippen molar-refractivity contribution >= 4 is 17.5 Å². The summed E-state index contributed by atoms with van der Waals surface area (Å²) in [6, 6.07) is 6.22. The van der Waals surface area contributed by atoms with Crippen molar-refractivity contribution in [3.63, 3.8) is 0 Å². The van der Waals surface area contributed by atoms with Gasteiger partial charge in [0.15, 0.2) is 5.82 Å². The Morgan fingerprint density at radius 3 is 2.43 bits per heavy atom. The summed E-state index contributed by atoms with van der Waals surface area (Å²) in [6.07, 6.45) is 3.64. The number of hydrogen-bond donors (Lipinski definition) is 0. The van der Waals surface area contributed by atoms with Crippen LogP contribution in [0.4, 0.5) is 5.95 Å². The predicted octanol–water partition coefficient (Wildman–Crippen LogP) is 3.80. The van der Waals surface area contributed by atoms with Gasteiger partial charge in [0.05, 0.1) is 0 Å². The molecule has 1 fully saturated rings. The number of hydrogen-bond acceptors (Lipinski definition) is 4. The molecule has 21 heavy (non-hydrogen) atoms. The van der Waals surface area contributed by atoms with E-state index >= 15 is 0 Å². The number of piperidine rings is 1. The smallest absolute Gasteiger partial charge is 0.230 e. The monoisotopic (exact) mass is 302 g/mol. The van der Waals surface area contributed by atoms with Crippen LogP contribution >= 0.6 is 11.6 Å². The van der Waals surface area contributed by atoms with Crippen molar-refractivity contribution in [2.24, 2.45) is 0 Å². The molecule has 1 aliphatic heterocycles. The van der Waals surface area contributed by atoms with Crippen LogP contribution in [0.5, 0.6) is 0 Å². The molecule has 0 aliphatic carbocycles. The van der Waals surface area contributed by atoms with Crippen LogP contribution in [0.1, 0.15) is 30.4 Å². The molecule has 5 heteroatoms. The first-order valence-electron chi connectivity index (χ1n) is 7.37. The van der Waals surface area contributed by atoms with E-state index in [2.05, 4.69) is 45.8 Å². The van der Waals surface area contributed by atoms with Crippen LogP contribution in [-0.2, 0) is 0 Å². The minimum atomic E-state index is 0.263. The van der Waals surface area contributed by atoms with E-state index in [0.717, 1.165) is 18.7 Å². The Kier molecular flexibility index (Phi) is 4.06. The SMILES string of the molecule is Cc1ccc(-c2nc(Cl)nc(N3CCCCC3)n2)cc1C. The number of nitrogens with zero attached hydrogens (tertiary/aromatic N) is 4. The van der Waals surface area contributed by atoms with Gasteiger partial charge in [-0.15, -0.1) is 0 Å². The lowest BCUT2D eigenvalue weighted by Gasteiger charge is -2.26. The van der Waals surface area contributed by atoms with Gasteiger partial charge in [-0.05, 0) is 61.9 Å². The number of benzene rings is 1. The van der Waals surface area contributed by atoms with E-state index in [1.807, 2.05) is 6.07 Å². The third kappa shape index (κ3) is 3.16. The molecule has 0 bridgehead atoms. The molecule has 2 aromatic rings. The van der Waals surface area contributed by atoms with Gasteiger partial charge in [-0.25, -0.2) is 0 Å². The zero-order chi connectivity index (χ0) is 14.8. The summed E-state index contributed by atoms with van der Waals surface area (Å²) in [5.41, 5.74) is 3.47. The summed E-state index contributed by atoms with van der Waals surface area (Å²) in [6.45, 7) is 6.17. The third-order valence-corrected chi connectivity index (χ3v) is 4.17. The Morgan fingerprint density at radius 2 is 1.71 bits per heavy atom. The molecule has 1 aliphatic rings. The molecule has 0 N–H and O–H groups in total. The van der Waals surface area contributed by atoms with E-state index in [1.165, 1.54) is 30.4 Å². The molecule has 110 valence electrons. The first-order chi connectivity index (χ1) is 10.1. The predicted molar refractivity (Wildman–Crippen MR) is 85.8 cm³/mol. The summed E-state index contributed by atoms with van der Waals surface area (Å²) < 4.78 is 0. The molecular formula is C16H19ClN4. The van der Waals surface area contributed by atoms with Crippen LogP contribution in [-0.4, -0.2) is 28.0 Å². The maximum absolute atomic E-state index is 6.10. The third-order valence-electron chi connectivity index (χ3n) is 4.00. The van der Waals surface area contributed by atoms with Crippen LogP contribution in [0.3, 0.4) is 0 Å². The van der Waals surface area contributed by atoms with E-state index in [4.69, 9.17) is 11.6 Å². The van der Waals surface area contributed by atoms with Gasteiger partial charge in [0.2, 0.25) is 11.2 Å². The van der Waals surface area contributed by atoms with Gasteiger partial charge in [-0.3, -0.25) is 0 Å². The van der Waals surface area contributed by atoms with E-state index in [0.29, 0.717) is 11.8 Å². The van der Waals surface area contributed by atoms with Crippen LogP contribution < -0.4 is 4.90 Å². The quantitative estimate of drug-likeness (QED) is 0.846. The normalized spacial score (nSPS) is 15.3. The minimum absolute atomic E-state index is 0.263. The molecule has 2 heterocycles. The maximum Gasteiger partial charge on any atom is 0.230 e. The fraction of sp³-hybridized carbons (Fsp3) is 0.438.